The maximum Gasteiger partial charge on any atom is 0.269 e. The first-order valence-corrected chi connectivity index (χ1v) is 9.84. The quantitative estimate of drug-likeness (QED) is 0.353. The maximum atomic E-state index is 13.4. The number of para-hydroxylation sites is 1. The number of non-ortho nitro benzene ring substituents is 1. The fraction of sp³-hybridized carbons (Fsp3) is 0.130. The third-order valence-electron chi connectivity index (χ3n) is 5.66. The standard InChI is InChI=1S/C23H16FN3O5/c24-15-8-12-16(13-9-15)25-22(28)19-20(14-6-10-18(11-7-14)27(30)31)26(32-21(19)23(25)29)17-4-2-1-3-5-17/h1-13,19-21H/t19-,20-,21-/m0/s1. The van der Waals surface area contributed by atoms with Gasteiger partial charge in [0.25, 0.3) is 11.6 Å². The Bertz CT molecular complexity index is 1200. The Morgan fingerprint density at radius 1 is 0.844 bits per heavy atom. The van der Waals surface area contributed by atoms with Crippen LogP contribution in [0.1, 0.15) is 11.6 Å². The Balaban J connectivity index is 1.57. The molecule has 0 aromatic heterocycles. The van der Waals surface area contributed by atoms with Crippen LogP contribution < -0.4 is 9.96 Å². The molecule has 0 N–H and O–H groups in total. The fourth-order valence-electron chi connectivity index (χ4n) is 4.19. The predicted octanol–water partition coefficient (Wildman–Crippen LogP) is 3.79. The van der Waals surface area contributed by atoms with Gasteiger partial charge in [-0.3, -0.25) is 24.5 Å². The molecule has 5 rings (SSSR count). The van der Waals surface area contributed by atoms with Gasteiger partial charge in [-0.2, -0.15) is 0 Å². The molecule has 0 spiro atoms. The van der Waals surface area contributed by atoms with Crippen LogP contribution in [0.3, 0.4) is 0 Å². The Kier molecular flexibility index (Phi) is 4.67. The number of hydrogen-bond donors (Lipinski definition) is 0. The summed E-state index contributed by atoms with van der Waals surface area (Å²) in [6.45, 7) is 0. The number of imide groups is 1. The summed E-state index contributed by atoms with van der Waals surface area (Å²) in [5, 5.41) is 12.6. The highest BCUT2D eigenvalue weighted by Crippen LogP contribution is 2.47. The molecule has 2 aliphatic rings. The molecule has 2 saturated heterocycles. The number of nitro groups is 1. The summed E-state index contributed by atoms with van der Waals surface area (Å²) in [6, 6.07) is 19.2. The van der Waals surface area contributed by atoms with E-state index in [9.17, 15) is 24.1 Å². The minimum atomic E-state index is -1.08. The largest absolute Gasteiger partial charge is 0.273 e. The summed E-state index contributed by atoms with van der Waals surface area (Å²) in [6.07, 6.45) is -1.08. The van der Waals surface area contributed by atoms with Crippen molar-refractivity contribution in [2.24, 2.45) is 5.92 Å². The van der Waals surface area contributed by atoms with Crippen LogP contribution in [0.5, 0.6) is 0 Å². The van der Waals surface area contributed by atoms with Gasteiger partial charge in [-0.15, -0.1) is 0 Å². The first-order chi connectivity index (χ1) is 15.5. The molecule has 0 bridgehead atoms. The molecule has 2 amide bonds. The summed E-state index contributed by atoms with van der Waals surface area (Å²) in [5.74, 6) is -2.39. The number of hydrogen-bond acceptors (Lipinski definition) is 6. The summed E-state index contributed by atoms with van der Waals surface area (Å²) in [7, 11) is 0. The number of carbonyl (C=O) groups is 2. The van der Waals surface area contributed by atoms with Gasteiger partial charge in [0.2, 0.25) is 5.91 Å². The van der Waals surface area contributed by atoms with Gasteiger partial charge in [-0.1, -0.05) is 30.3 Å². The van der Waals surface area contributed by atoms with Gasteiger partial charge in [-0.05, 0) is 42.0 Å². The van der Waals surface area contributed by atoms with Crippen molar-refractivity contribution >= 4 is 28.9 Å². The number of benzene rings is 3. The van der Waals surface area contributed by atoms with E-state index in [1.165, 1.54) is 41.5 Å². The Morgan fingerprint density at radius 2 is 1.50 bits per heavy atom. The van der Waals surface area contributed by atoms with Crippen LogP contribution in [-0.2, 0) is 14.4 Å². The Labute approximate surface area is 181 Å². The first kappa shape index (κ1) is 19.8. The van der Waals surface area contributed by atoms with Gasteiger partial charge in [0, 0.05) is 12.1 Å². The van der Waals surface area contributed by atoms with E-state index in [1.54, 1.807) is 36.4 Å². The zero-order valence-electron chi connectivity index (χ0n) is 16.5. The monoisotopic (exact) mass is 433 g/mol. The minimum Gasteiger partial charge on any atom is -0.273 e. The van der Waals surface area contributed by atoms with Crippen molar-refractivity contribution in [3.8, 4) is 0 Å². The smallest absolute Gasteiger partial charge is 0.269 e. The van der Waals surface area contributed by atoms with Crippen LogP contribution in [0.15, 0.2) is 78.9 Å². The lowest BCUT2D eigenvalue weighted by Gasteiger charge is -2.28. The topological polar surface area (TPSA) is 93.0 Å². The summed E-state index contributed by atoms with van der Waals surface area (Å²) < 4.78 is 13.3. The Hall–Kier alpha value is -4.11. The molecule has 9 heteroatoms. The van der Waals surface area contributed by atoms with Gasteiger partial charge in [-0.25, -0.2) is 14.4 Å². The lowest BCUT2D eigenvalue weighted by Crippen LogP contribution is -2.37. The number of nitro benzene ring substituents is 1. The SMILES string of the molecule is O=C1[C@@H]2[C@H](ON(c3ccccc3)[C@H]2c2ccc([N+](=O)[O-])cc2)C(=O)N1c1ccc(F)cc1. The maximum absolute atomic E-state index is 13.4. The number of hydroxylamine groups is 1. The van der Waals surface area contributed by atoms with E-state index in [4.69, 9.17) is 4.84 Å². The fourth-order valence-corrected chi connectivity index (χ4v) is 4.19. The predicted molar refractivity (Wildman–Crippen MR) is 112 cm³/mol. The van der Waals surface area contributed by atoms with E-state index >= 15 is 0 Å². The lowest BCUT2D eigenvalue weighted by atomic mass is 9.90. The molecule has 0 aliphatic carbocycles. The number of halogens is 1. The molecule has 160 valence electrons. The molecule has 3 aromatic carbocycles. The molecular weight excluding hydrogens is 417 g/mol. The molecule has 8 nitrogen and oxygen atoms in total. The van der Waals surface area contributed by atoms with Crippen LogP contribution in [0, 0.1) is 21.8 Å². The number of carbonyl (C=O) groups excluding carboxylic acids is 2. The van der Waals surface area contributed by atoms with Crippen molar-refractivity contribution in [2.45, 2.75) is 12.1 Å². The van der Waals surface area contributed by atoms with Crippen LogP contribution >= 0.6 is 0 Å². The second-order valence-corrected chi connectivity index (χ2v) is 7.49. The number of rotatable bonds is 4. The molecule has 3 aromatic rings. The molecule has 2 heterocycles. The van der Waals surface area contributed by atoms with E-state index in [2.05, 4.69) is 0 Å². The second kappa shape index (κ2) is 7.54. The van der Waals surface area contributed by atoms with Gasteiger partial charge < -0.3 is 0 Å². The average molecular weight is 433 g/mol. The average Bonchev–Trinajstić information content (AvgIpc) is 3.31. The van der Waals surface area contributed by atoms with Gasteiger partial charge in [0.15, 0.2) is 6.10 Å². The first-order valence-electron chi connectivity index (χ1n) is 9.84. The van der Waals surface area contributed by atoms with E-state index in [-0.39, 0.29) is 11.4 Å². The van der Waals surface area contributed by atoms with Crippen LogP contribution in [0.25, 0.3) is 0 Å². The molecule has 2 fully saturated rings. The zero-order chi connectivity index (χ0) is 22.4. The molecule has 0 saturated carbocycles. The molecule has 2 aliphatic heterocycles. The number of anilines is 2. The molecule has 32 heavy (non-hydrogen) atoms. The van der Waals surface area contributed by atoms with E-state index in [0.717, 1.165) is 4.90 Å². The number of fused-ring (bicyclic) bond motifs is 1. The highest BCUT2D eigenvalue weighted by atomic mass is 19.1. The molecule has 0 unspecified atom stereocenters. The van der Waals surface area contributed by atoms with Crippen molar-refractivity contribution in [3.63, 3.8) is 0 Å². The summed E-state index contributed by atoms with van der Waals surface area (Å²) in [4.78, 5) is 44.1. The van der Waals surface area contributed by atoms with E-state index in [0.29, 0.717) is 11.3 Å². The third-order valence-corrected chi connectivity index (χ3v) is 5.66. The normalized spacial score (nSPS) is 22.3. The number of amides is 2. The molecule has 3 atom stereocenters. The summed E-state index contributed by atoms with van der Waals surface area (Å²) in [5.41, 5.74) is 1.40. The third kappa shape index (κ3) is 3.10. The van der Waals surface area contributed by atoms with Crippen molar-refractivity contribution in [1.29, 1.82) is 0 Å². The lowest BCUT2D eigenvalue weighted by molar-refractivity contribution is -0.384. The van der Waals surface area contributed by atoms with E-state index < -0.39 is 40.6 Å². The highest BCUT2D eigenvalue weighted by Gasteiger charge is 2.60. The Morgan fingerprint density at radius 3 is 2.12 bits per heavy atom. The summed E-state index contributed by atoms with van der Waals surface area (Å²) >= 11 is 0. The highest BCUT2D eigenvalue weighted by molar-refractivity contribution is 6.23. The zero-order valence-corrected chi connectivity index (χ0v) is 16.5. The van der Waals surface area contributed by atoms with Crippen LogP contribution in [0.4, 0.5) is 21.5 Å². The van der Waals surface area contributed by atoms with Gasteiger partial charge in [0.1, 0.15) is 11.7 Å². The molecule has 0 radical (unpaired) electrons. The van der Waals surface area contributed by atoms with Crippen molar-refractivity contribution in [3.05, 3.63) is 100 Å². The van der Waals surface area contributed by atoms with Crippen molar-refractivity contribution < 1.29 is 23.7 Å². The second-order valence-electron chi connectivity index (χ2n) is 7.49. The minimum absolute atomic E-state index is 0.0859. The molecular formula is C23H16FN3O5. The van der Waals surface area contributed by atoms with E-state index in [1.807, 2.05) is 6.07 Å². The van der Waals surface area contributed by atoms with Crippen molar-refractivity contribution in [2.75, 3.05) is 9.96 Å². The number of nitrogens with zero attached hydrogens (tertiary/aromatic N) is 3. The van der Waals surface area contributed by atoms with Crippen LogP contribution in [-0.4, -0.2) is 22.8 Å². The van der Waals surface area contributed by atoms with Gasteiger partial charge >= 0.3 is 0 Å². The van der Waals surface area contributed by atoms with Crippen LogP contribution in [0.2, 0.25) is 0 Å². The van der Waals surface area contributed by atoms with Crippen molar-refractivity contribution in [1.82, 2.24) is 0 Å². The van der Waals surface area contributed by atoms with Gasteiger partial charge in [0.05, 0.1) is 22.3 Å².